The molecule has 0 N–H and O–H groups in total. The maximum atomic E-state index is 14.0. The second-order valence-corrected chi connectivity index (χ2v) is 5.86. The molecule has 0 aliphatic heterocycles. The van der Waals surface area contributed by atoms with Crippen molar-refractivity contribution in [2.45, 2.75) is 0 Å². The van der Waals surface area contributed by atoms with Crippen LogP contribution in [-0.2, 0) is 0 Å². The van der Waals surface area contributed by atoms with E-state index in [4.69, 9.17) is 11.6 Å². The normalized spacial score (nSPS) is 11.1. The van der Waals surface area contributed by atoms with E-state index in [1.54, 1.807) is 18.2 Å². The van der Waals surface area contributed by atoms with Crippen molar-refractivity contribution in [1.29, 1.82) is 0 Å². The summed E-state index contributed by atoms with van der Waals surface area (Å²) in [5.41, 5.74) is 1.26. The van der Waals surface area contributed by atoms with Crippen molar-refractivity contribution in [3.63, 3.8) is 0 Å². The molecule has 0 aliphatic rings. The summed E-state index contributed by atoms with van der Waals surface area (Å²) in [6, 6.07) is 7.00. The topological polar surface area (TPSA) is 25.8 Å². The molecule has 6 heteroatoms. The van der Waals surface area contributed by atoms with E-state index in [2.05, 4.69) is 25.9 Å². The van der Waals surface area contributed by atoms with Crippen LogP contribution < -0.4 is 0 Å². The highest BCUT2D eigenvalue weighted by atomic mass is 79.9. The quantitative estimate of drug-likeness (QED) is 0.587. The van der Waals surface area contributed by atoms with Crippen LogP contribution in [0.5, 0.6) is 0 Å². The Morgan fingerprint density at radius 3 is 2.89 bits per heavy atom. The van der Waals surface area contributed by atoms with Crippen LogP contribution in [0.25, 0.3) is 20.7 Å². The fourth-order valence-electron chi connectivity index (χ4n) is 1.65. The van der Waals surface area contributed by atoms with Crippen LogP contribution in [0.15, 0.2) is 35.1 Å². The van der Waals surface area contributed by atoms with E-state index in [9.17, 15) is 4.39 Å². The van der Waals surface area contributed by atoms with Crippen LogP contribution in [-0.4, -0.2) is 9.97 Å². The molecule has 0 aliphatic carbocycles. The largest absolute Gasteiger partial charge is 0.235 e. The molecule has 0 saturated heterocycles. The van der Waals surface area contributed by atoms with Crippen LogP contribution in [0.2, 0.25) is 5.15 Å². The minimum Gasteiger partial charge on any atom is -0.235 e. The molecular formula is C12H5BrClFN2S. The van der Waals surface area contributed by atoms with E-state index in [0.717, 1.165) is 15.1 Å². The molecule has 0 spiro atoms. The molecule has 0 bridgehead atoms. The van der Waals surface area contributed by atoms with Gasteiger partial charge in [-0.15, -0.1) is 11.3 Å². The fraction of sp³-hybridized carbons (Fsp3) is 0. The molecule has 2 aromatic heterocycles. The minimum absolute atomic E-state index is 0.284. The molecule has 0 radical (unpaired) electrons. The van der Waals surface area contributed by atoms with Crippen molar-refractivity contribution < 1.29 is 4.39 Å². The maximum Gasteiger partial charge on any atom is 0.150 e. The van der Waals surface area contributed by atoms with Gasteiger partial charge in [-0.05, 0) is 28.1 Å². The third-order valence-electron chi connectivity index (χ3n) is 2.48. The van der Waals surface area contributed by atoms with E-state index in [1.807, 2.05) is 6.07 Å². The lowest BCUT2D eigenvalue weighted by Crippen LogP contribution is -1.82. The summed E-state index contributed by atoms with van der Waals surface area (Å²) >= 11 is 10.5. The molecule has 0 amide bonds. The molecule has 3 rings (SSSR count). The molecule has 2 heterocycles. The Morgan fingerprint density at radius 1 is 1.28 bits per heavy atom. The first-order chi connectivity index (χ1) is 8.66. The number of thiophene rings is 1. The molecule has 1 aromatic carbocycles. The number of hydrogen-bond donors (Lipinski definition) is 0. The summed E-state index contributed by atoms with van der Waals surface area (Å²) < 4.78 is 15.2. The third-order valence-corrected chi connectivity index (χ3v) is 4.66. The van der Waals surface area contributed by atoms with Crippen LogP contribution >= 0.6 is 38.9 Å². The van der Waals surface area contributed by atoms with Gasteiger partial charge in [0.05, 0.1) is 14.7 Å². The molecule has 0 fully saturated rings. The van der Waals surface area contributed by atoms with Crippen LogP contribution in [0.3, 0.4) is 0 Å². The van der Waals surface area contributed by atoms with Gasteiger partial charge in [-0.2, -0.15) is 0 Å². The molecule has 90 valence electrons. The van der Waals surface area contributed by atoms with Crippen LogP contribution in [0.4, 0.5) is 4.39 Å². The fourth-order valence-corrected chi connectivity index (χ4v) is 3.29. The zero-order chi connectivity index (χ0) is 12.7. The lowest BCUT2D eigenvalue weighted by atomic mass is 10.2. The van der Waals surface area contributed by atoms with E-state index in [-0.39, 0.29) is 5.82 Å². The maximum absolute atomic E-state index is 14.0. The number of hydrogen-bond acceptors (Lipinski definition) is 3. The van der Waals surface area contributed by atoms with Crippen LogP contribution in [0, 0.1) is 5.82 Å². The zero-order valence-electron chi connectivity index (χ0n) is 8.82. The predicted octanol–water partition coefficient (Wildman–Crippen LogP) is 4.91. The standard InChI is InChI=1S/C12H5BrClFN2S/c13-7-3-1-2-6(10(7)15)9-4-8-11(18-9)12(14)17-5-16-8/h1-5H. The Hall–Kier alpha value is -1.04. The number of halogens is 3. The Bertz CT molecular complexity index is 744. The zero-order valence-corrected chi connectivity index (χ0v) is 12.0. The van der Waals surface area contributed by atoms with Crippen molar-refractivity contribution in [2.24, 2.45) is 0 Å². The van der Waals surface area contributed by atoms with Crippen molar-refractivity contribution in [1.82, 2.24) is 9.97 Å². The number of fused-ring (bicyclic) bond motifs is 1. The number of benzene rings is 1. The Balaban J connectivity index is 2.26. The molecule has 18 heavy (non-hydrogen) atoms. The Kier molecular flexibility index (Phi) is 3.05. The number of rotatable bonds is 1. The first kappa shape index (κ1) is 12.0. The van der Waals surface area contributed by atoms with E-state index >= 15 is 0 Å². The average molecular weight is 344 g/mol. The van der Waals surface area contributed by atoms with Crippen molar-refractivity contribution in [3.8, 4) is 10.4 Å². The van der Waals surface area contributed by atoms with Crippen molar-refractivity contribution in [3.05, 3.63) is 46.0 Å². The van der Waals surface area contributed by atoms with Gasteiger partial charge in [0, 0.05) is 10.4 Å². The van der Waals surface area contributed by atoms with E-state index in [1.165, 1.54) is 17.7 Å². The lowest BCUT2D eigenvalue weighted by Gasteiger charge is -2.00. The minimum atomic E-state index is -0.284. The Morgan fingerprint density at radius 2 is 2.11 bits per heavy atom. The van der Waals surface area contributed by atoms with Gasteiger partial charge in [-0.1, -0.05) is 23.7 Å². The van der Waals surface area contributed by atoms with Gasteiger partial charge in [0.1, 0.15) is 17.3 Å². The number of aromatic nitrogens is 2. The van der Waals surface area contributed by atoms with Gasteiger partial charge in [0.25, 0.3) is 0 Å². The smallest absolute Gasteiger partial charge is 0.150 e. The highest BCUT2D eigenvalue weighted by Gasteiger charge is 2.13. The molecule has 2 nitrogen and oxygen atoms in total. The second-order valence-electron chi connectivity index (χ2n) is 3.59. The van der Waals surface area contributed by atoms with E-state index < -0.39 is 0 Å². The SMILES string of the molecule is Fc1c(Br)cccc1-c1cc2ncnc(Cl)c2s1. The molecule has 0 unspecified atom stereocenters. The second kappa shape index (κ2) is 4.57. The highest BCUT2D eigenvalue weighted by Crippen LogP contribution is 2.37. The first-order valence-corrected chi connectivity index (χ1v) is 7.00. The van der Waals surface area contributed by atoms with Gasteiger partial charge >= 0.3 is 0 Å². The summed E-state index contributed by atoms with van der Waals surface area (Å²) in [5.74, 6) is -0.284. The highest BCUT2D eigenvalue weighted by molar-refractivity contribution is 9.10. The van der Waals surface area contributed by atoms with Crippen LogP contribution in [0.1, 0.15) is 0 Å². The van der Waals surface area contributed by atoms with Gasteiger partial charge in [-0.25, -0.2) is 14.4 Å². The monoisotopic (exact) mass is 342 g/mol. The lowest BCUT2D eigenvalue weighted by molar-refractivity contribution is 0.625. The van der Waals surface area contributed by atoms with E-state index in [0.29, 0.717) is 15.2 Å². The molecular weight excluding hydrogens is 339 g/mol. The van der Waals surface area contributed by atoms with Gasteiger partial charge in [0.2, 0.25) is 0 Å². The van der Waals surface area contributed by atoms with Crippen molar-refractivity contribution >= 4 is 49.1 Å². The summed E-state index contributed by atoms with van der Waals surface area (Å²) in [5, 5.41) is 0.395. The molecule has 0 atom stereocenters. The Labute approximate surface area is 120 Å². The summed E-state index contributed by atoms with van der Waals surface area (Å²) in [7, 11) is 0. The number of nitrogens with zero attached hydrogens (tertiary/aromatic N) is 2. The molecule has 3 aromatic rings. The average Bonchev–Trinajstić information content (AvgIpc) is 2.78. The van der Waals surface area contributed by atoms with Gasteiger partial charge in [-0.3, -0.25) is 0 Å². The first-order valence-electron chi connectivity index (χ1n) is 5.01. The molecule has 0 saturated carbocycles. The third kappa shape index (κ3) is 1.92. The van der Waals surface area contributed by atoms with Gasteiger partial charge in [0.15, 0.2) is 0 Å². The summed E-state index contributed by atoms with van der Waals surface area (Å²) in [6.07, 6.45) is 1.40. The summed E-state index contributed by atoms with van der Waals surface area (Å²) in [6.45, 7) is 0. The van der Waals surface area contributed by atoms with Gasteiger partial charge < -0.3 is 0 Å². The summed E-state index contributed by atoms with van der Waals surface area (Å²) in [4.78, 5) is 8.82. The predicted molar refractivity (Wildman–Crippen MR) is 75.5 cm³/mol. The van der Waals surface area contributed by atoms with Crippen molar-refractivity contribution in [2.75, 3.05) is 0 Å².